The van der Waals surface area contributed by atoms with Crippen molar-refractivity contribution in [1.82, 2.24) is 0 Å². The quantitative estimate of drug-likeness (QED) is 0.573. The van der Waals surface area contributed by atoms with E-state index in [2.05, 4.69) is 6.92 Å². The standard InChI is InChI=1S/C16H32O4S/c1-3-5-6-7-8-9-11-21-16-14(18)15(19-10-4-2)13(17)12-20-16/h13-18H,3-12H2,1-2H3/t13-,14-,15+,16+/m1/s1. The van der Waals surface area contributed by atoms with Crippen molar-refractivity contribution in [2.24, 2.45) is 0 Å². The third-order valence-electron chi connectivity index (χ3n) is 3.72. The Morgan fingerprint density at radius 2 is 1.76 bits per heavy atom. The summed E-state index contributed by atoms with van der Waals surface area (Å²) in [5, 5.41) is 20.1. The second-order valence-corrected chi connectivity index (χ2v) is 6.94. The third kappa shape index (κ3) is 7.33. The fraction of sp³-hybridized carbons (Fsp3) is 1.00. The molecule has 1 aliphatic rings. The summed E-state index contributed by atoms with van der Waals surface area (Å²) in [4.78, 5) is 0. The molecule has 1 rings (SSSR count). The first kappa shape index (κ1) is 19.2. The van der Waals surface area contributed by atoms with Gasteiger partial charge in [0.25, 0.3) is 0 Å². The van der Waals surface area contributed by atoms with Gasteiger partial charge in [0.2, 0.25) is 0 Å². The summed E-state index contributed by atoms with van der Waals surface area (Å²) in [5.74, 6) is 0.991. The zero-order valence-corrected chi connectivity index (χ0v) is 14.3. The zero-order chi connectivity index (χ0) is 15.5. The van der Waals surface area contributed by atoms with Crippen LogP contribution in [-0.4, -0.2) is 52.9 Å². The van der Waals surface area contributed by atoms with Crippen molar-refractivity contribution in [1.29, 1.82) is 0 Å². The van der Waals surface area contributed by atoms with Crippen LogP contribution in [0.5, 0.6) is 0 Å². The maximum Gasteiger partial charge on any atom is 0.131 e. The molecule has 2 N–H and O–H groups in total. The molecular formula is C16H32O4S. The number of thioether (sulfide) groups is 1. The molecule has 1 saturated heterocycles. The molecule has 21 heavy (non-hydrogen) atoms. The summed E-state index contributed by atoms with van der Waals surface area (Å²) in [7, 11) is 0. The lowest BCUT2D eigenvalue weighted by atomic mass is 10.1. The Balaban J connectivity index is 2.18. The van der Waals surface area contributed by atoms with Gasteiger partial charge in [0.05, 0.1) is 6.61 Å². The Hall–Kier alpha value is 0.190. The summed E-state index contributed by atoms with van der Waals surface area (Å²) < 4.78 is 11.1. The van der Waals surface area contributed by atoms with Crippen LogP contribution in [0.1, 0.15) is 58.8 Å². The number of unbranched alkanes of at least 4 members (excludes halogenated alkanes) is 5. The second-order valence-electron chi connectivity index (χ2n) is 5.73. The lowest BCUT2D eigenvalue weighted by molar-refractivity contribution is -0.181. The van der Waals surface area contributed by atoms with Crippen LogP contribution in [0.4, 0.5) is 0 Å². The van der Waals surface area contributed by atoms with Crippen molar-refractivity contribution >= 4 is 11.8 Å². The van der Waals surface area contributed by atoms with Gasteiger partial charge in [0.1, 0.15) is 23.7 Å². The van der Waals surface area contributed by atoms with Crippen LogP contribution in [0, 0.1) is 0 Å². The monoisotopic (exact) mass is 320 g/mol. The van der Waals surface area contributed by atoms with Crippen LogP contribution in [0.25, 0.3) is 0 Å². The van der Waals surface area contributed by atoms with E-state index in [0.717, 1.165) is 18.6 Å². The molecule has 1 aliphatic heterocycles. The largest absolute Gasteiger partial charge is 0.388 e. The first-order valence-corrected chi connectivity index (χ1v) is 9.46. The predicted molar refractivity (Wildman–Crippen MR) is 87.6 cm³/mol. The van der Waals surface area contributed by atoms with E-state index in [4.69, 9.17) is 9.47 Å². The zero-order valence-electron chi connectivity index (χ0n) is 13.5. The highest BCUT2D eigenvalue weighted by molar-refractivity contribution is 7.99. The summed E-state index contributed by atoms with van der Waals surface area (Å²) in [6, 6.07) is 0. The van der Waals surface area contributed by atoms with Gasteiger partial charge in [-0.2, -0.15) is 0 Å². The molecule has 1 fully saturated rings. The second kappa shape index (κ2) is 11.7. The minimum absolute atomic E-state index is 0.250. The molecule has 0 radical (unpaired) electrons. The lowest BCUT2D eigenvalue weighted by Crippen LogP contribution is -2.53. The third-order valence-corrected chi connectivity index (χ3v) is 4.99. The first-order chi connectivity index (χ1) is 10.2. The Morgan fingerprint density at radius 1 is 1.05 bits per heavy atom. The van der Waals surface area contributed by atoms with Crippen molar-refractivity contribution in [3.8, 4) is 0 Å². The van der Waals surface area contributed by atoms with Crippen molar-refractivity contribution in [2.45, 2.75) is 82.5 Å². The Labute approximate surface area is 133 Å². The molecule has 0 aromatic heterocycles. The van der Waals surface area contributed by atoms with E-state index in [-0.39, 0.29) is 12.0 Å². The molecule has 0 aliphatic carbocycles. The van der Waals surface area contributed by atoms with Gasteiger partial charge >= 0.3 is 0 Å². The summed E-state index contributed by atoms with van der Waals surface area (Å²) in [6.07, 6.45) is 6.52. The smallest absolute Gasteiger partial charge is 0.131 e. The molecule has 5 heteroatoms. The highest BCUT2D eigenvalue weighted by Gasteiger charge is 2.39. The van der Waals surface area contributed by atoms with Crippen molar-refractivity contribution in [3.05, 3.63) is 0 Å². The molecule has 0 unspecified atom stereocenters. The predicted octanol–water partition coefficient (Wildman–Crippen LogP) is 2.95. The van der Waals surface area contributed by atoms with Crippen LogP contribution < -0.4 is 0 Å². The average Bonchev–Trinajstić information content (AvgIpc) is 2.48. The van der Waals surface area contributed by atoms with E-state index in [1.807, 2.05) is 6.92 Å². The molecular weight excluding hydrogens is 288 g/mol. The number of rotatable bonds is 11. The molecule has 1 heterocycles. The molecule has 4 nitrogen and oxygen atoms in total. The first-order valence-electron chi connectivity index (χ1n) is 8.41. The molecule has 126 valence electrons. The van der Waals surface area contributed by atoms with E-state index in [1.54, 1.807) is 11.8 Å². The minimum Gasteiger partial charge on any atom is -0.388 e. The normalized spacial score (nSPS) is 29.7. The fourth-order valence-corrected chi connectivity index (χ4v) is 3.59. The highest BCUT2D eigenvalue weighted by Crippen LogP contribution is 2.27. The lowest BCUT2D eigenvalue weighted by Gasteiger charge is -2.37. The Bertz CT molecular complexity index is 252. The fourth-order valence-electron chi connectivity index (χ4n) is 2.46. The molecule has 4 atom stereocenters. The average molecular weight is 320 g/mol. The molecule has 0 saturated carbocycles. The number of ether oxygens (including phenoxy) is 2. The van der Waals surface area contributed by atoms with E-state index in [1.165, 1.54) is 32.1 Å². The minimum atomic E-state index is -0.745. The van der Waals surface area contributed by atoms with Crippen LogP contribution in [0.3, 0.4) is 0 Å². The van der Waals surface area contributed by atoms with E-state index in [9.17, 15) is 10.2 Å². The van der Waals surface area contributed by atoms with E-state index >= 15 is 0 Å². The van der Waals surface area contributed by atoms with Crippen LogP contribution in [-0.2, 0) is 9.47 Å². The van der Waals surface area contributed by atoms with Gasteiger partial charge in [-0.3, -0.25) is 0 Å². The van der Waals surface area contributed by atoms with Crippen LogP contribution in [0.15, 0.2) is 0 Å². The summed E-state index contributed by atoms with van der Waals surface area (Å²) in [6.45, 7) is 5.05. The highest BCUT2D eigenvalue weighted by atomic mass is 32.2. The Kier molecular flexibility index (Phi) is 10.7. The van der Waals surface area contributed by atoms with Gasteiger partial charge in [-0.25, -0.2) is 0 Å². The number of hydrogen-bond donors (Lipinski definition) is 2. The Morgan fingerprint density at radius 3 is 2.48 bits per heavy atom. The van der Waals surface area contributed by atoms with E-state index in [0.29, 0.717) is 6.61 Å². The summed E-state index contributed by atoms with van der Waals surface area (Å²) in [5.41, 5.74) is -0.272. The summed E-state index contributed by atoms with van der Waals surface area (Å²) >= 11 is 1.65. The molecule has 0 amide bonds. The van der Waals surface area contributed by atoms with Gasteiger partial charge in [-0.05, 0) is 18.6 Å². The maximum atomic E-state index is 10.3. The van der Waals surface area contributed by atoms with E-state index < -0.39 is 18.3 Å². The SMILES string of the molecule is CCCCCCCCS[C@@H]1OC[C@@H](O)[C@H](OCCC)[C@H]1O. The van der Waals surface area contributed by atoms with Crippen molar-refractivity contribution in [3.63, 3.8) is 0 Å². The van der Waals surface area contributed by atoms with Gasteiger partial charge in [-0.15, -0.1) is 11.8 Å². The van der Waals surface area contributed by atoms with Gasteiger partial charge in [0.15, 0.2) is 0 Å². The van der Waals surface area contributed by atoms with Gasteiger partial charge in [-0.1, -0.05) is 46.0 Å². The number of hydrogen-bond acceptors (Lipinski definition) is 5. The molecule has 0 bridgehead atoms. The maximum absolute atomic E-state index is 10.3. The van der Waals surface area contributed by atoms with Crippen LogP contribution >= 0.6 is 11.8 Å². The van der Waals surface area contributed by atoms with Crippen LogP contribution in [0.2, 0.25) is 0 Å². The molecule has 0 spiro atoms. The number of aliphatic hydroxyl groups is 2. The number of aliphatic hydroxyl groups excluding tert-OH is 2. The van der Waals surface area contributed by atoms with Gasteiger partial charge < -0.3 is 19.7 Å². The van der Waals surface area contributed by atoms with Crippen molar-refractivity contribution < 1.29 is 19.7 Å². The van der Waals surface area contributed by atoms with Gasteiger partial charge in [0, 0.05) is 6.61 Å². The molecule has 0 aromatic rings. The molecule has 0 aromatic carbocycles. The van der Waals surface area contributed by atoms with Crippen molar-refractivity contribution in [2.75, 3.05) is 19.0 Å². The topological polar surface area (TPSA) is 58.9 Å².